The van der Waals surface area contributed by atoms with Crippen molar-refractivity contribution in [2.45, 2.75) is 37.9 Å². The van der Waals surface area contributed by atoms with Gasteiger partial charge in [0, 0.05) is 5.41 Å². The molecule has 0 spiro atoms. The summed E-state index contributed by atoms with van der Waals surface area (Å²) in [7, 11) is 0. The monoisotopic (exact) mass is 275 g/mol. The molecular formula is C13H16F3NO2. The Bertz CT molecular complexity index is 476. The summed E-state index contributed by atoms with van der Waals surface area (Å²) >= 11 is 0. The van der Waals surface area contributed by atoms with Crippen LogP contribution in [-0.2, 0) is 16.4 Å². The molecule has 0 saturated carbocycles. The molecule has 0 aliphatic heterocycles. The smallest absolute Gasteiger partial charge is 0.416 e. The first-order valence-corrected chi connectivity index (χ1v) is 5.60. The van der Waals surface area contributed by atoms with E-state index in [-0.39, 0.29) is 0 Å². The molecule has 0 aliphatic rings. The fourth-order valence-corrected chi connectivity index (χ4v) is 1.64. The Labute approximate surface area is 109 Å². The minimum atomic E-state index is -4.42. The third-order valence-corrected chi connectivity index (χ3v) is 3.68. The van der Waals surface area contributed by atoms with Crippen LogP contribution in [0.4, 0.5) is 13.2 Å². The van der Waals surface area contributed by atoms with Gasteiger partial charge in [0.05, 0.1) is 5.56 Å². The molecule has 1 aromatic carbocycles. The Morgan fingerprint density at radius 2 is 1.42 bits per heavy atom. The molecule has 0 bridgehead atoms. The summed E-state index contributed by atoms with van der Waals surface area (Å²) in [5.74, 6) is -1.21. The Morgan fingerprint density at radius 1 is 1.05 bits per heavy atom. The lowest BCUT2D eigenvalue weighted by molar-refractivity contribution is -0.145. The van der Waals surface area contributed by atoms with Crippen LogP contribution in [0.15, 0.2) is 24.3 Å². The van der Waals surface area contributed by atoms with Crippen molar-refractivity contribution in [3.8, 4) is 0 Å². The third kappa shape index (κ3) is 2.73. The zero-order valence-electron chi connectivity index (χ0n) is 10.9. The summed E-state index contributed by atoms with van der Waals surface area (Å²) in [6.07, 6.45) is -4.42. The van der Waals surface area contributed by atoms with Crippen LogP contribution in [0.1, 0.15) is 31.9 Å². The molecular weight excluding hydrogens is 259 g/mol. The summed E-state index contributed by atoms with van der Waals surface area (Å²) in [5.41, 5.74) is 2.83. The van der Waals surface area contributed by atoms with Crippen LogP contribution in [-0.4, -0.2) is 16.6 Å². The summed E-state index contributed by atoms with van der Waals surface area (Å²) in [6, 6.07) is 4.37. The van der Waals surface area contributed by atoms with Gasteiger partial charge in [-0.05, 0) is 24.6 Å². The van der Waals surface area contributed by atoms with Crippen LogP contribution in [0.25, 0.3) is 0 Å². The van der Waals surface area contributed by atoms with Crippen LogP contribution in [0.2, 0.25) is 0 Å². The van der Waals surface area contributed by atoms with Crippen LogP contribution in [0.5, 0.6) is 0 Å². The van der Waals surface area contributed by atoms with E-state index in [1.807, 2.05) is 0 Å². The first kappa shape index (κ1) is 15.5. The summed E-state index contributed by atoms with van der Waals surface area (Å²) in [6.45, 7) is 4.51. The average molecular weight is 275 g/mol. The van der Waals surface area contributed by atoms with E-state index in [2.05, 4.69) is 0 Å². The highest BCUT2D eigenvalue weighted by Gasteiger charge is 2.45. The van der Waals surface area contributed by atoms with E-state index in [1.54, 1.807) is 13.8 Å². The van der Waals surface area contributed by atoms with Crippen molar-refractivity contribution < 1.29 is 23.1 Å². The lowest BCUT2D eigenvalue weighted by atomic mass is 9.69. The molecule has 0 saturated heterocycles. The van der Waals surface area contributed by atoms with Crippen molar-refractivity contribution in [1.29, 1.82) is 0 Å². The molecule has 1 aromatic rings. The van der Waals surface area contributed by atoms with Gasteiger partial charge in [-0.25, -0.2) is 0 Å². The average Bonchev–Trinajstić information content (AvgIpc) is 2.27. The van der Waals surface area contributed by atoms with Crippen LogP contribution < -0.4 is 5.73 Å². The number of carbonyl (C=O) groups is 1. The maximum Gasteiger partial charge on any atom is 0.416 e. The number of halogens is 3. The van der Waals surface area contributed by atoms with E-state index in [1.165, 1.54) is 19.1 Å². The van der Waals surface area contributed by atoms with E-state index < -0.39 is 28.7 Å². The molecule has 0 heterocycles. The van der Waals surface area contributed by atoms with Gasteiger partial charge in [-0.15, -0.1) is 0 Å². The molecule has 3 nitrogen and oxygen atoms in total. The van der Waals surface area contributed by atoms with Gasteiger partial charge in [0.25, 0.3) is 0 Å². The highest BCUT2D eigenvalue weighted by molar-refractivity contribution is 5.80. The van der Waals surface area contributed by atoms with Gasteiger partial charge in [0.1, 0.15) is 5.54 Å². The van der Waals surface area contributed by atoms with Crippen LogP contribution >= 0.6 is 0 Å². The van der Waals surface area contributed by atoms with Crippen molar-refractivity contribution in [3.05, 3.63) is 35.4 Å². The minimum Gasteiger partial charge on any atom is -0.480 e. The highest BCUT2D eigenvalue weighted by atomic mass is 19.4. The Hall–Kier alpha value is -1.56. The van der Waals surface area contributed by atoms with E-state index in [4.69, 9.17) is 10.8 Å². The van der Waals surface area contributed by atoms with Crippen LogP contribution in [0, 0.1) is 0 Å². The summed E-state index contributed by atoms with van der Waals surface area (Å²) in [4.78, 5) is 11.2. The molecule has 1 unspecified atom stereocenters. The van der Waals surface area contributed by atoms with Crippen molar-refractivity contribution in [1.82, 2.24) is 0 Å². The topological polar surface area (TPSA) is 63.3 Å². The molecule has 19 heavy (non-hydrogen) atoms. The first-order valence-electron chi connectivity index (χ1n) is 5.60. The number of hydrogen-bond acceptors (Lipinski definition) is 2. The number of aliphatic carboxylic acids is 1. The maximum atomic E-state index is 12.5. The molecule has 0 aliphatic carbocycles. The van der Waals surface area contributed by atoms with Crippen molar-refractivity contribution in [2.24, 2.45) is 5.73 Å². The standard InChI is InChI=1S/C13H16F3NO2/c1-11(2,12(3,17)10(18)19)8-4-6-9(7-5-8)13(14,15)16/h4-7H,17H2,1-3H3,(H,18,19). The van der Waals surface area contributed by atoms with E-state index >= 15 is 0 Å². The quantitative estimate of drug-likeness (QED) is 0.891. The molecule has 1 atom stereocenters. The molecule has 1 rings (SSSR count). The number of rotatable bonds is 3. The summed E-state index contributed by atoms with van der Waals surface area (Å²) in [5, 5.41) is 9.12. The fraction of sp³-hybridized carbons (Fsp3) is 0.462. The Balaban J connectivity index is 3.21. The molecule has 6 heteroatoms. The Morgan fingerprint density at radius 3 is 1.74 bits per heavy atom. The molecule has 0 amide bonds. The van der Waals surface area contributed by atoms with E-state index in [0.29, 0.717) is 5.56 Å². The number of hydrogen-bond donors (Lipinski definition) is 2. The predicted molar refractivity (Wildman–Crippen MR) is 64.7 cm³/mol. The van der Waals surface area contributed by atoms with Gasteiger partial charge in [0.2, 0.25) is 0 Å². The zero-order valence-corrected chi connectivity index (χ0v) is 10.9. The van der Waals surface area contributed by atoms with Gasteiger partial charge in [0.15, 0.2) is 0 Å². The van der Waals surface area contributed by atoms with E-state index in [0.717, 1.165) is 12.1 Å². The van der Waals surface area contributed by atoms with E-state index in [9.17, 15) is 18.0 Å². The largest absolute Gasteiger partial charge is 0.480 e. The number of alkyl halides is 3. The van der Waals surface area contributed by atoms with Gasteiger partial charge in [-0.2, -0.15) is 13.2 Å². The minimum absolute atomic E-state index is 0.438. The predicted octanol–water partition coefficient (Wildman–Crippen LogP) is 2.79. The highest BCUT2D eigenvalue weighted by Crippen LogP contribution is 2.36. The second kappa shape index (κ2) is 4.52. The molecule has 3 N–H and O–H groups in total. The Kier molecular flexibility index (Phi) is 3.69. The SMILES string of the molecule is CC(N)(C(=O)O)C(C)(C)c1ccc(C(F)(F)F)cc1. The van der Waals surface area contributed by atoms with Crippen molar-refractivity contribution >= 4 is 5.97 Å². The molecule has 0 radical (unpaired) electrons. The van der Waals surface area contributed by atoms with Gasteiger partial charge in [-0.3, -0.25) is 4.79 Å². The molecule has 0 aromatic heterocycles. The second-order valence-corrected chi connectivity index (χ2v) is 5.21. The number of nitrogens with two attached hydrogens (primary N) is 1. The van der Waals surface area contributed by atoms with Gasteiger partial charge in [-0.1, -0.05) is 26.0 Å². The first-order chi connectivity index (χ1) is 8.40. The number of carboxylic acids is 1. The van der Waals surface area contributed by atoms with Crippen LogP contribution in [0.3, 0.4) is 0 Å². The lowest BCUT2D eigenvalue weighted by Crippen LogP contribution is -2.58. The normalized spacial score (nSPS) is 15.9. The molecule has 106 valence electrons. The third-order valence-electron chi connectivity index (χ3n) is 3.68. The second-order valence-electron chi connectivity index (χ2n) is 5.21. The van der Waals surface area contributed by atoms with Gasteiger partial charge >= 0.3 is 12.1 Å². The lowest BCUT2D eigenvalue weighted by Gasteiger charge is -2.38. The number of carboxylic acid groups (broad SMARTS) is 1. The van der Waals surface area contributed by atoms with Crippen molar-refractivity contribution in [2.75, 3.05) is 0 Å². The molecule has 0 fully saturated rings. The number of benzene rings is 1. The zero-order chi connectivity index (χ0) is 15.1. The maximum absolute atomic E-state index is 12.5. The van der Waals surface area contributed by atoms with Crippen molar-refractivity contribution in [3.63, 3.8) is 0 Å². The summed E-state index contributed by atoms with van der Waals surface area (Å²) < 4.78 is 37.4. The fourth-order valence-electron chi connectivity index (χ4n) is 1.64. The van der Waals surface area contributed by atoms with Gasteiger partial charge < -0.3 is 10.8 Å².